The van der Waals surface area contributed by atoms with Crippen LogP contribution in [0.15, 0.2) is 24.4 Å². The average Bonchev–Trinajstić information content (AvgIpc) is 3.41. The lowest BCUT2D eigenvalue weighted by Gasteiger charge is -2.24. The van der Waals surface area contributed by atoms with Gasteiger partial charge in [-0.1, -0.05) is 16.8 Å². The van der Waals surface area contributed by atoms with Gasteiger partial charge in [0.15, 0.2) is 16.5 Å². The van der Waals surface area contributed by atoms with Crippen molar-refractivity contribution in [2.75, 3.05) is 23.4 Å². The summed E-state index contributed by atoms with van der Waals surface area (Å²) in [6, 6.07) is 5.26. The topological polar surface area (TPSA) is 146 Å². The summed E-state index contributed by atoms with van der Waals surface area (Å²) >= 11 is 7.89. The zero-order valence-electron chi connectivity index (χ0n) is 22.0. The van der Waals surface area contributed by atoms with Gasteiger partial charge in [-0.05, 0) is 45.4 Å². The zero-order chi connectivity index (χ0) is 27.8. The molecule has 0 aliphatic carbocycles. The van der Waals surface area contributed by atoms with E-state index in [9.17, 15) is 9.59 Å². The molecule has 3 N–H and O–H groups in total. The second kappa shape index (κ2) is 10.7. The Labute approximate surface area is 228 Å². The predicted octanol–water partition coefficient (Wildman–Crippen LogP) is 3.67. The van der Waals surface area contributed by atoms with Crippen LogP contribution in [0.3, 0.4) is 0 Å². The van der Waals surface area contributed by atoms with Crippen LogP contribution in [-0.2, 0) is 17.5 Å². The monoisotopic (exact) mass is 559 g/mol. The van der Waals surface area contributed by atoms with Crippen LogP contribution in [0, 0.1) is 0 Å². The second-order valence-corrected chi connectivity index (χ2v) is 11.3. The van der Waals surface area contributed by atoms with Crippen molar-refractivity contribution < 1.29 is 14.3 Å². The maximum atomic E-state index is 13.1. The third kappa shape index (κ3) is 5.94. The molecule has 1 aromatic carbocycles. The molecule has 0 radical (unpaired) electrons. The summed E-state index contributed by atoms with van der Waals surface area (Å²) in [7, 11) is 3.37. The third-order valence-corrected chi connectivity index (χ3v) is 6.96. The van der Waals surface area contributed by atoms with E-state index >= 15 is 0 Å². The maximum absolute atomic E-state index is 13.1. The zero-order valence-corrected chi connectivity index (χ0v) is 23.6. The van der Waals surface area contributed by atoms with Gasteiger partial charge in [0.05, 0.1) is 23.1 Å². The molecule has 1 atom stereocenters. The van der Waals surface area contributed by atoms with Gasteiger partial charge >= 0.3 is 6.09 Å². The van der Waals surface area contributed by atoms with Crippen molar-refractivity contribution in [2.45, 2.75) is 45.1 Å². The fourth-order valence-electron chi connectivity index (χ4n) is 3.75. The number of ether oxygens (including phenoxy) is 1. The van der Waals surface area contributed by atoms with Crippen molar-refractivity contribution in [2.24, 2.45) is 7.05 Å². The molecular formula is C24H30ClN9O3S. The number of anilines is 2. The molecule has 0 unspecified atom stereocenters. The van der Waals surface area contributed by atoms with Crippen molar-refractivity contribution >= 4 is 63.4 Å². The quantitative estimate of drug-likeness (QED) is 0.324. The number of aromatic nitrogens is 6. The number of benzene rings is 1. The summed E-state index contributed by atoms with van der Waals surface area (Å²) in [4.78, 5) is 31.3. The predicted molar refractivity (Wildman–Crippen MR) is 149 cm³/mol. The average molecular weight is 560 g/mol. The number of rotatable bonds is 7. The Bertz CT molecular complexity index is 1510. The number of halogens is 1. The molecule has 12 nitrogen and oxygen atoms in total. The Morgan fingerprint density at radius 1 is 1.29 bits per heavy atom. The molecule has 38 heavy (non-hydrogen) atoms. The Kier molecular flexibility index (Phi) is 7.70. The lowest BCUT2D eigenvalue weighted by atomic mass is 10.2. The third-order valence-electron chi connectivity index (χ3n) is 5.50. The van der Waals surface area contributed by atoms with Gasteiger partial charge in [0.2, 0.25) is 0 Å². The number of imidazole rings is 1. The molecule has 0 spiro atoms. The number of nitrogens with zero attached hydrogens (tertiary/aromatic N) is 7. The first kappa shape index (κ1) is 27.5. The summed E-state index contributed by atoms with van der Waals surface area (Å²) in [5, 5.41) is 15.4. The van der Waals surface area contributed by atoms with Gasteiger partial charge in [-0.3, -0.25) is 9.69 Å². The fourth-order valence-corrected chi connectivity index (χ4v) is 4.88. The van der Waals surface area contributed by atoms with E-state index in [4.69, 9.17) is 22.1 Å². The molecule has 202 valence electrons. The largest absolute Gasteiger partial charge is 0.443 e. The molecule has 4 rings (SSSR count). The number of nitrogens with two attached hydrogens (primary N) is 1. The van der Waals surface area contributed by atoms with Gasteiger partial charge in [-0.25, -0.2) is 19.0 Å². The lowest BCUT2D eigenvalue weighted by molar-refractivity contribution is 0.0589. The van der Waals surface area contributed by atoms with Gasteiger partial charge in [0.25, 0.3) is 5.91 Å². The fraction of sp³-hybridized carbons (Fsp3) is 0.417. The van der Waals surface area contributed by atoms with E-state index in [2.05, 4.69) is 25.7 Å². The van der Waals surface area contributed by atoms with E-state index in [1.165, 1.54) is 21.7 Å². The molecule has 2 amide bonds. The highest BCUT2D eigenvalue weighted by Crippen LogP contribution is 2.26. The van der Waals surface area contributed by atoms with Crippen LogP contribution in [0.4, 0.5) is 16.2 Å². The molecular weight excluding hydrogens is 530 g/mol. The lowest BCUT2D eigenvalue weighted by Crippen LogP contribution is -2.35. The highest BCUT2D eigenvalue weighted by atomic mass is 35.5. The van der Waals surface area contributed by atoms with E-state index in [0.717, 1.165) is 11.1 Å². The van der Waals surface area contributed by atoms with Crippen molar-refractivity contribution in [3.63, 3.8) is 0 Å². The Hall–Kier alpha value is -3.58. The number of thioether (sulfide) groups is 1. The highest BCUT2D eigenvalue weighted by molar-refractivity contribution is 7.98. The molecule has 3 aromatic heterocycles. The maximum Gasteiger partial charge on any atom is 0.414 e. The van der Waals surface area contributed by atoms with Crippen LogP contribution in [0.25, 0.3) is 16.7 Å². The van der Waals surface area contributed by atoms with Gasteiger partial charge < -0.3 is 15.8 Å². The number of aryl methyl sites for hydroxylation is 1. The van der Waals surface area contributed by atoms with Crippen molar-refractivity contribution in [1.29, 1.82) is 0 Å². The van der Waals surface area contributed by atoms with E-state index < -0.39 is 11.7 Å². The molecule has 0 saturated heterocycles. The van der Waals surface area contributed by atoms with Crippen LogP contribution < -0.4 is 16.0 Å². The minimum atomic E-state index is -0.678. The number of hydrogen-bond donors (Lipinski definition) is 2. The Morgan fingerprint density at radius 3 is 2.74 bits per heavy atom. The first-order valence-corrected chi connectivity index (χ1v) is 13.3. The number of nitrogen functional groups attached to an aromatic ring is 1. The molecule has 14 heteroatoms. The number of carbonyl (C=O) groups excluding carboxylic acids is 2. The number of fused-ring (bicyclic) bond motifs is 2. The van der Waals surface area contributed by atoms with Crippen LogP contribution in [0.2, 0.25) is 5.15 Å². The molecule has 0 aliphatic rings. The normalized spacial score (nSPS) is 12.6. The smallest absolute Gasteiger partial charge is 0.414 e. The Morgan fingerprint density at radius 2 is 2.03 bits per heavy atom. The van der Waals surface area contributed by atoms with E-state index in [1.54, 1.807) is 44.3 Å². The molecule has 4 aromatic rings. The van der Waals surface area contributed by atoms with E-state index in [0.29, 0.717) is 34.0 Å². The molecule has 0 fully saturated rings. The molecule has 0 aliphatic heterocycles. The van der Waals surface area contributed by atoms with Gasteiger partial charge in [-0.2, -0.15) is 16.9 Å². The number of hydrogen-bond acceptors (Lipinski definition) is 9. The van der Waals surface area contributed by atoms with Crippen molar-refractivity contribution in [3.8, 4) is 0 Å². The standard InChI is InChI=1S/C24H30ClN9O3S/c1-13(11-38-12-14-7-15(26)20-16(8-14)33(6)31-29-20)28-22(35)18-10-27-21-17(9-19(25)30-34(18)21)32(5)23(36)37-24(2,3)4/h7-10,13H,11-12,26H2,1-6H3,(H,28,35)/t13-/m1/s1. The Balaban J connectivity index is 1.43. The highest BCUT2D eigenvalue weighted by Gasteiger charge is 2.25. The van der Waals surface area contributed by atoms with E-state index in [1.807, 2.05) is 26.1 Å². The summed E-state index contributed by atoms with van der Waals surface area (Å²) < 4.78 is 8.46. The number of carbonyl (C=O) groups is 2. The summed E-state index contributed by atoms with van der Waals surface area (Å²) in [5.74, 6) is 1.00. The first-order chi connectivity index (χ1) is 17.8. The minimum Gasteiger partial charge on any atom is -0.443 e. The van der Waals surface area contributed by atoms with Gasteiger partial charge in [0, 0.05) is 37.7 Å². The SMILES string of the molecule is C[C@H](CSCc1cc(N)c2nnn(C)c2c1)NC(=O)c1cnc2c(N(C)C(=O)OC(C)(C)C)cc(Cl)nn12. The van der Waals surface area contributed by atoms with E-state index in [-0.39, 0.29) is 22.8 Å². The summed E-state index contributed by atoms with van der Waals surface area (Å²) in [6.45, 7) is 7.24. The van der Waals surface area contributed by atoms with Crippen LogP contribution in [0.1, 0.15) is 43.7 Å². The number of amides is 2. The first-order valence-electron chi connectivity index (χ1n) is 11.8. The number of nitrogens with one attached hydrogen (secondary N) is 1. The molecule has 3 heterocycles. The second-order valence-electron chi connectivity index (χ2n) is 9.93. The van der Waals surface area contributed by atoms with Gasteiger partial charge in [-0.15, -0.1) is 5.10 Å². The van der Waals surface area contributed by atoms with Crippen LogP contribution in [0.5, 0.6) is 0 Å². The van der Waals surface area contributed by atoms with Gasteiger partial charge in [0.1, 0.15) is 11.1 Å². The van der Waals surface area contributed by atoms with Crippen molar-refractivity contribution in [3.05, 3.63) is 40.8 Å². The van der Waals surface area contributed by atoms with Crippen LogP contribution in [-0.4, -0.2) is 66.0 Å². The van der Waals surface area contributed by atoms with Crippen molar-refractivity contribution in [1.82, 2.24) is 34.9 Å². The summed E-state index contributed by atoms with van der Waals surface area (Å²) in [5.41, 5.74) is 9.48. The summed E-state index contributed by atoms with van der Waals surface area (Å²) in [6.07, 6.45) is 0.821. The molecule has 0 bridgehead atoms. The minimum absolute atomic E-state index is 0.0958. The van der Waals surface area contributed by atoms with Crippen LogP contribution >= 0.6 is 23.4 Å². The molecule has 0 saturated carbocycles.